The third-order valence-corrected chi connectivity index (χ3v) is 10.3. The summed E-state index contributed by atoms with van der Waals surface area (Å²) in [6, 6.07) is 44.2. The third-order valence-electron chi connectivity index (χ3n) is 9.45. The highest BCUT2D eigenvalue weighted by Gasteiger charge is 2.20. The molecule has 0 aromatic heterocycles. The lowest BCUT2D eigenvalue weighted by Gasteiger charge is -2.21. The van der Waals surface area contributed by atoms with Gasteiger partial charge >= 0.3 is 0 Å². The summed E-state index contributed by atoms with van der Waals surface area (Å²) in [6.07, 6.45) is 2.68. The molecule has 0 amide bonds. The summed E-state index contributed by atoms with van der Waals surface area (Å²) in [5, 5.41) is 7.53. The maximum atomic E-state index is 13.0. The topological polar surface area (TPSA) is 85.1 Å². The molecule has 0 radical (unpaired) electrons. The van der Waals surface area contributed by atoms with Crippen LogP contribution in [0.15, 0.2) is 144 Å². The Labute approximate surface area is 313 Å². The second-order valence-corrected chi connectivity index (χ2v) is 14.8. The van der Waals surface area contributed by atoms with E-state index in [1.807, 2.05) is 88.9 Å². The third kappa shape index (κ3) is 8.30. The van der Waals surface area contributed by atoms with Gasteiger partial charge in [-0.15, -0.1) is 0 Å². The first-order valence-electron chi connectivity index (χ1n) is 17.3. The zero-order chi connectivity index (χ0) is 37.7. The maximum Gasteiger partial charge on any atom is 0.238 e. The summed E-state index contributed by atoms with van der Waals surface area (Å²) in [4.78, 5) is 4.20. The number of fused-ring (bicyclic) bond motifs is 1. The van der Waals surface area contributed by atoms with E-state index in [9.17, 15) is 8.42 Å². The molecule has 0 atom stereocenters. The van der Waals surface area contributed by atoms with Gasteiger partial charge in [0.05, 0.1) is 19.1 Å². The first-order chi connectivity index (χ1) is 25.5. The van der Waals surface area contributed by atoms with Crippen molar-refractivity contribution < 1.29 is 17.9 Å². The van der Waals surface area contributed by atoms with E-state index in [-0.39, 0.29) is 4.90 Å². The number of allylic oxidation sites excluding steroid dienone is 2. The highest BCUT2D eigenvalue weighted by Crippen LogP contribution is 2.41. The summed E-state index contributed by atoms with van der Waals surface area (Å²) in [6.45, 7) is 0. The second-order valence-electron chi connectivity index (χ2n) is 13.3. The fourth-order valence-electron chi connectivity index (χ4n) is 6.56. The van der Waals surface area contributed by atoms with Gasteiger partial charge in [0.25, 0.3) is 0 Å². The molecule has 0 fully saturated rings. The van der Waals surface area contributed by atoms with Crippen LogP contribution in [0.2, 0.25) is 0 Å². The van der Waals surface area contributed by atoms with E-state index < -0.39 is 10.0 Å². The molecule has 0 aliphatic carbocycles. The molecule has 0 bridgehead atoms. The number of nitrogens with zero attached hydrogens (tertiary/aromatic N) is 2. The molecule has 8 heteroatoms. The zero-order valence-electron chi connectivity index (χ0n) is 31.0. The van der Waals surface area contributed by atoms with Crippen molar-refractivity contribution in [1.29, 1.82) is 0 Å². The molecule has 7 nitrogen and oxygen atoms in total. The van der Waals surface area contributed by atoms with Gasteiger partial charge in [0.2, 0.25) is 10.0 Å². The molecule has 0 saturated carbocycles. The number of benzene rings is 6. The lowest BCUT2D eigenvalue weighted by Crippen LogP contribution is -2.12. The van der Waals surface area contributed by atoms with E-state index in [2.05, 4.69) is 76.5 Å². The van der Waals surface area contributed by atoms with Crippen molar-refractivity contribution >= 4 is 48.9 Å². The number of sulfonamides is 1. The number of rotatable bonds is 12. The fraction of sp³-hybridized carbons (Fsp3) is 0.156. The molecule has 6 rings (SSSR count). The van der Waals surface area contributed by atoms with Crippen molar-refractivity contribution in [2.24, 2.45) is 5.14 Å². The van der Waals surface area contributed by atoms with Gasteiger partial charge in [0.1, 0.15) is 11.5 Å². The summed E-state index contributed by atoms with van der Waals surface area (Å²) in [7, 11) is 7.36. The predicted octanol–water partition coefficient (Wildman–Crippen LogP) is 9.12. The Morgan fingerprint density at radius 2 is 1.08 bits per heavy atom. The zero-order valence-corrected chi connectivity index (χ0v) is 31.8. The van der Waals surface area contributed by atoms with Gasteiger partial charge in [0, 0.05) is 39.6 Å². The van der Waals surface area contributed by atoms with E-state index >= 15 is 0 Å². The molecule has 6 aromatic carbocycles. The number of methoxy groups -OCH3 is 2. The smallest absolute Gasteiger partial charge is 0.238 e. The molecular formula is C45H45N3O4S. The van der Waals surface area contributed by atoms with Crippen LogP contribution in [0.4, 0.5) is 11.4 Å². The Kier molecular flexibility index (Phi) is 11.0. The largest absolute Gasteiger partial charge is 0.497 e. The molecule has 0 heterocycles. The summed E-state index contributed by atoms with van der Waals surface area (Å²) in [5.74, 6) is 1.51. The molecule has 0 aliphatic rings. The van der Waals surface area contributed by atoms with Crippen LogP contribution in [0.1, 0.15) is 34.2 Å². The Balaban J connectivity index is 1.70. The summed E-state index contributed by atoms with van der Waals surface area (Å²) in [5.41, 5.74) is 9.87. The predicted molar refractivity (Wildman–Crippen MR) is 220 cm³/mol. The first-order valence-corrected chi connectivity index (χ1v) is 18.8. The average Bonchev–Trinajstić information content (AvgIpc) is 3.17. The Hall–Kier alpha value is -5.83. The number of ether oxygens (including phenoxy) is 2. The lowest BCUT2D eigenvalue weighted by molar-refractivity contribution is 0.414. The van der Waals surface area contributed by atoms with Crippen molar-refractivity contribution in [3.63, 3.8) is 0 Å². The Morgan fingerprint density at radius 1 is 0.623 bits per heavy atom. The minimum absolute atomic E-state index is 0.0550. The molecule has 0 saturated heterocycles. The van der Waals surface area contributed by atoms with Crippen molar-refractivity contribution in [3.05, 3.63) is 167 Å². The first kappa shape index (κ1) is 36.9. The lowest BCUT2D eigenvalue weighted by atomic mass is 9.84. The standard InChI is InChI=1S/C45H45N3O4S/c1-47(2)36-19-11-31(12-20-36)41(32-15-23-38(51-5)24-16-32)27-28-43(44-30-40(53(46,49)50)29-35-9-7-8-10-42(35)44)45(34-17-25-39(52-6)26-18-34)33-13-21-37(22-14-33)48(3)4/h7-27,29-30H,28H2,1-6H3,(H2,46,49,50). The number of anilines is 2. The van der Waals surface area contributed by atoms with E-state index in [0.717, 1.165) is 78.2 Å². The van der Waals surface area contributed by atoms with Gasteiger partial charge in [-0.25, -0.2) is 13.6 Å². The fourth-order valence-corrected chi connectivity index (χ4v) is 7.13. The number of nitrogens with two attached hydrogens (primary N) is 1. The molecule has 0 spiro atoms. The van der Waals surface area contributed by atoms with Crippen molar-refractivity contribution in [2.75, 3.05) is 52.2 Å². The molecule has 53 heavy (non-hydrogen) atoms. The minimum Gasteiger partial charge on any atom is -0.497 e. The van der Waals surface area contributed by atoms with Gasteiger partial charge in [-0.3, -0.25) is 0 Å². The number of hydrogen-bond donors (Lipinski definition) is 1. The van der Waals surface area contributed by atoms with Crippen molar-refractivity contribution in [2.45, 2.75) is 11.3 Å². The summed E-state index contributed by atoms with van der Waals surface area (Å²) >= 11 is 0. The van der Waals surface area contributed by atoms with Crippen molar-refractivity contribution in [1.82, 2.24) is 0 Å². The SMILES string of the molecule is COc1ccc(C(=CCC(=C(c2ccc(OC)cc2)c2ccc(N(C)C)cc2)c2cc(S(N)(=O)=O)cc3ccccc23)c2ccc(N(C)C)cc2)cc1. The molecule has 2 N–H and O–H groups in total. The normalized spacial score (nSPS) is 12.3. The summed E-state index contributed by atoms with van der Waals surface area (Å²) < 4.78 is 37.1. The van der Waals surface area contributed by atoms with Crippen LogP contribution >= 0.6 is 0 Å². The highest BCUT2D eigenvalue weighted by atomic mass is 32.2. The van der Waals surface area contributed by atoms with E-state index in [1.54, 1.807) is 26.4 Å². The van der Waals surface area contributed by atoms with Crippen molar-refractivity contribution in [3.8, 4) is 11.5 Å². The quantitative estimate of drug-likeness (QED) is 0.127. The van der Waals surface area contributed by atoms with E-state index in [4.69, 9.17) is 14.6 Å². The van der Waals surface area contributed by atoms with Crippen LogP contribution in [0.5, 0.6) is 11.5 Å². The molecule has 0 unspecified atom stereocenters. The number of hydrogen-bond acceptors (Lipinski definition) is 6. The van der Waals surface area contributed by atoms with E-state index in [0.29, 0.717) is 6.42 Å². The second kappa shape index (κ2) is 15.8. The highest BCUT2D eigenvalue weighted by molar-refractivity contribution is 7.89. The van der Waals surface area contributed by atoms with Gasteiger partial charge in [-0.1, -0.05) is 78.9 Å². The Morgan fingerprint density at radius 3 is 1.55 bits per heavy atom. The molecule has 270 valence electrons. The van der Waals surface area contributed by atoms with Crippen LogP contribution in [0.25, 0.3) is 27.5 Å². The monoisotopic (exact) mass is 723 g/mol. The molecular weight excluding hydrogens is 679 g/mol. The van der Waals surface area contributed by atoms with Gasteiger partial charge in [-0.05, 0) is 122 Å². The van der Waals surface area contributed by atoms with Crippen LogP contribution in [-0.4, -0.2) is 50.8 Å². The van der Waals surface area contributed by atoms with Gasteiger partial charge < -0.3 is 19.3 Å². The van der Waals surface area contributed by atoms with Crippen LogP contribution in [-0.2, 0) is 10.0 Å². The van der Waals surface area contributed by atoms with Crippen LogP contribution < -0.4 is 24.4 Å². The van der Waals surface area contributed by atoms with Crippen LogP contribution in [0, 0.1) is 0 Å². The van der Waals surface area contributed by atoms with Gasteiger partial charge in [-0.2, -0.15) is 0 Å². The molecule has 0 aliphatic heterocycles. The van der Waals surface area contributed by atoms with Gasteiger partial charge in [0.15, 0.2) is 0 Å². The Bertz CT molecular complexity index is 2380. The average molecular weight is 724 g/mol. The minimum atomic E-state index is -4.04. The maximum absolute atomic E-state index is 13.0. The number of primary sulfonamides is 1. The van der Waals surface area contributed by atoms with Crippen LogP contribution in [0.3, 0.4) is 0 Å². The van der Waals surface area contributed by atoms with E-state index in [1.165, 1.54) is 0 Å². The molecule has 6 aromatic rings.